The molecule has 1 aromatic carbocycles. The van der Waals surface area contributed by atoms with Crippen molar-refractivity contribution in [1.82, 2.24) is 5.32 Å². The van der Waals surface area contributed by atoms with Crippen molar-refractivity contribution in [2.45, 2.75) is 26.3 Å². The van der Waals surface area contributed by atoms with Crippen LogP contribution in [-0.2, 0) is 4.79 Å². The molecule has 0 aliphatic carbocycles. The van der Waals surface area contributed by atoms with Crippen LogP contribution in [0, 0.1) is 20.8 Å². The smallest absolute Gasteiger partial charge is 0.258 e. The van der Waals surface area contributed by atoms with Crippen molar-refractivity contribution in [1.29, 1.82) is 0 Å². The monoisotopic (exact) mass is 297 g/mol. The number of carbonyl (C=O) groups excluding carboxylic acids is 1. The molecule has 0 spiro atoms. The molecular formula is C15H23NO5. The summed E-state index contributed by atoms with van der Waals surface area (Å²) < 4.78 is 5.53. The fourth-order valence-electron chi connectivity index (χ4n) is 1.89. The van der Waals surface area contributed by atoms with E-state index in [0.29, 0.717) is 5.75 Å². The number of amides is 1. The van der Waals surface area contributed by atoms with Gasteiger partial charge in [0.05, 0.1) is 19.8 Å². The first kappa shape index (κ1) is 17.4. The fourth-order valence-corrected chi connectivity index (χ4v) is 1.89. The lowest BCUT2D eigenvalue weighted by Gasteiger charge is -2.28. The fraction of sp³-hybridized carbons (Fsp3) is 0.533. The maximum absolute atomic E-state index is 11.8. The van der Waals surface area contributed by atoms with E-state index in [1.165, 1.54) is 0 Å². The lowest BCUT2D eigenvalue weighted by molar-refractivity contribution is -0.127. The van der Waals surface area contributed by atoms with Crippen molar-refractivity contribution in [2.75, 3.05) is 26.4 Å². The molecule has 6 nitrogen and oxygen atoms in total. The molecule has 118 valence electrons. The highest BCUT2D eigenvalue weighted by Crippen LogP contribution is 2.25. The molecule has 0 unspecified atom stereocenters. The Morgan fingerprint density at radius 1 is 1.10 bits per heavy atom. The summed E-state index contributed by atoms with van der Waals surface area (Å²) in [6.45, 7) is 3.81. The highest BCUT2D eigenvalue weighted by Gasteiger charge is 2.30. The van der Waals surface area contributed by atoms with Gasteiger partial charge in [0, 0.05) is 0 Å². The first-order chi connectivity index (χ1) is 9.89. The van der Waals surface area contributed by atoms with Crippen LogP contribution in [-0.4, -0.2) is 53.2 Å². The summed E-state index contributed by atoms with van der Waals surface area (Å²) in [7, 11) is 0. The largest absolute Gasteiger partial charge is 0.483 e. The molecule has 0 bridgehead atoms. The molecule has 4 N–H and O–H groups in total. The van der Waals surface area contributed by atoms with Crippen LogP contribution in [0.2, 0.25) is 0 Å². The van der Waals surface area contributed by atoms with E-state index in [4.69, 9.17) is 20.1 Å². The Morgan fingerprint density at radius 3 is 2.14 bits per heavy atom. The number of aliphatic hydroxyl groups is 3. The van der Waals surface area contributed by atoms with Gasteiger partial charge in [-0.25, -0.2) is 0 Å². The molecule has 1 rings (SSSR count). The van der Waals surface area contributed by atoms with E-state index in [0.717, 1.165) is 16.7 Å². The van der Waals surface area contributed by atoms with Gasteiger partial charge in [-0.3, -0.25) is 4.79 Å². The van der Waals surface area contributed by atoms with Crippen LogP contribution in [0.3, 0.4) is 0 Å². The summed E-state index contributed by atoms with van der Waals surface area (Å²) >= 11 is 0. The van der Waals surface area contributed by atoms with Crippen LogP contribution in [0.1, 0.15) is 16.7 Å². The molecule has 6 heteroatoms. The van der Waals surface area contributed by atoms with Gasteiger partial charge in [0.2, 0.25) is 0 Å². The van der Waals surface area contributed by atoms with Crippen LogP contribution in [0.25, 0.3) is 0 Å². The molecule has 0 saturated heterocycles. The zero-order valence-corrected chi connectivity index (χ0v) is 12.6. The highest BCUT2D eigenvalue weighted by molar-refractivity contribution is 5.78. The van der Waals surface area contributed by atoms with Crippen molar-refractivity contribution in [3.63, 3.8) is 0 Å². The van der Waals surface area contributed by atoms with Crippen LogP contribution in [0.15, 0.2) is 12.1 Å². The lowest BCUT2D eigenvalue weighted by Crippen LogP contribution is -2.58. The van der Waals surface area contributed by atoms with Gasteiger partial charge < -0.3 is 25.4 Å². The summed E-state index contributed by atoms with van der Waals surface area (Å²) in [5.41, 5.74) is 1.51. The number of hydrogen-bond acceptors (Lipinski definition) is 5. The predicted molar refractivity (Wildman–Crippen MR) is 78.3 cm³/mol. The van der Waals surface area contributed by atoms with E-state index in [1.807, 2.05) is 32.9 Å². The predicted octanol–water partition coefficient (Wildman–Crippen LogP) is -0.177. The molecule has 0 saturated carbocycles. The lowest BCUT2D eigenvalue weighted by atomic mass is 10.0. The quantitative estimate of drug-likeness (QED) is 0.560. The number of benzene rings is 1. The number of carbonyl (C=O) groups is 1. The Balaban J connectivity index is 2.72. The van der Waals surface area contributed by atoms with Crippen molar-refractivity contribution in [3.05, 3.63) is 28.8 Å². The Hall–Kier alpha value is -1.63. The van der Waals surface area contributed by atoms with Crippen LogP contribution in [0.5, 0.6) is 5.75 Å². The van der Waals surface area contributed by atoms with Gasteiger partial charge >= 0.3 is 0 Å². The Kier molecular flexibility index (Phi) is 6.14. The first-order valence-electron chi connectivity index (χ1n) is 6.72. The normalized spacial score (nSPS) is 11.3. The third kappa shape index (κ3) is 4.17. The van der Waals surface area contributed by atoms with E-state index in [2.05, 4.69) is 5.32 Å². The topological polar surface area (TPSA) is 99.0 Å². The molecule has 0 atom stereocenters. The minimum atomic E-state index is -1.43. The summed E-state index contributed by atoms with van der Waals surface area (Å²) in [4.78, 5) is 11.8. The summed E-state index contributed by atoms with van der Waals surface area (Å²) in [6.07, 6.45) is 0. The highest BCUT2D eigenvalue weighted by atomic mass is 16.5. The number of aliphatic hydroxyl groups excluding tert-OH is 3. The number of nitrogens with one attached hydrogen (secondary N) is 1. The molecule has 0 fully saturated rings. The summed E-state index contributed by atoms with van der Waals surface area (Å²) in [5.74, 6) is 0.125. The van der Waals surface area contributed by atoms with Gasteiger partial charge in [0.15, 0.2) is 6.61 Å². The van der Waals surface area contributed by atoms with Gasteiger partial charge in [-0.05, 0) is 37.5 Å². The van der Waals surface area contributed by atoms with Crippen LogP contribution >= 0.6 is 0 Å². The molecular weight excluding hydrogens is 274 g/mol. The van der Waals surface area contributed by atoms with E-state index in [-0.39, 0.29) is 6.61 Å². The average Bonchev–Trinajstić information content (AvgIpc) is 2.49. The maximum atomic E-state index is 11.8. The summed E-state index contributed by atoms with van der Waals surface area (Å²) in [6, 6.07) is 3.89. The Bertz CT molecular complexity index is 489. The van der Waals surface area contributed by atoms with Crippen molar-refractivity contribution in [2.24, 2.45) is 0 Å². The van der Waals surface area contributed by atoms with Gasteiger partial charge in [-0.1, -0.05) is 12.1 Å². The zero-order chi connectivity index (χ0) is 16.0. The molecule has 0 aliphatic rings. The third-order valence-electron chi connectivity index (χ3n) is 3.53. The third-order valence-corrected chi connectivity index (χ3v) is 3.53. The first-order valence-corrected chi connectivity index (χ1v) is 6.72. The van der Waals surface area contributed by atoms with E-state index in [9.17, 15) is 4.79 Å². The number of ether oxygens (including phenoxy) is 1. The molecule has 1 amide bonds. The second-order valence-electron chi connectivity index (χ2n) is 5.25. The minimum absolute atomic E-state index is 0.257. The van der Waals surface area contributed by atoms with Gasteiger partial charge in [0.25, 0.3) is 5.91 Å². The molecule has 21 heavy (non-hydrogen) atoms. The molecule has 0 heterocycles. The van der Waals surface area contributed by atoms with E-state index in [1.54, 1.807) is 0 Å². The number of hydrogen-bond donors (Lipinski definition) is 4. The van der Waals surface area contributed by atoms with Crippen LogP contribution in [0.4, 0.5) is 0 Å². The van der Waals surface area contributed by atoms with Crippen LogP contribution < -0.4 is 10.1 Å². The van der Waals surface area contributed by atoms with E-state index >= 15 is 0 Å². The van der Waals surface area contributed by atoms with Crippen molar-refractivity contribution >= 4 is 5.91 Å². The number of aryl methyl sites for hydroxylation is 2. The average molecular weight is 297 g/mol. The Labute approximate surface area is 124 Å². The van der Waals surface area contributed by atoms with Crippen molar-refractivity contribution in [3.8, 4) is 5.75 Å². The van der Waals surface area contributed by atoms with Gasteiger partial charge in [-0.2, -0.15) is 0 Å². The standard InChI is InChI=1S/C15H23NO5/c1-10-4-5-11(2)14(12(10)3)21-6-13(20)16-15(7-17,8-18)9-19/h4-5,17-19H,6-9H2,1-3H3,(H,16,20). The zero-order valence-electron chi connectivity index (χ0n) is 12.6. The molecule has 0 aromatic heterocycles. The van der Waals surface area contributed by atoms with Crippen molar-refractivity contribution < 1.29 is 24.9 Å². The SMILES string of the molecule is Cc1ccc(C)c(OCC(=O)NC(CO)(CO)CO)c1C. The molecule has 0 aliphatic heterocycles. The Morgan fingerprint density at radius 2 is 1.62 bits per heavy atom. The second-order valence-corrected chi connectivity index (χ2v) is 5.25. The molecule has 0 radical (unpaired) electrons. The minimum Gasteiger partial charge on any atom is -0.483 e. The molecule has 1 aromatic rings. The van der Waals surface area contributed by atoms with Gasteiger partial charge in [-0.15, -0.1) is 0 Å². The van der Waals surface area contributed by atoms with Gasteiger partial charge in [0.1, 0.15) is 11.3 Å². The summed E-state index contributed by atoms with van der Waals surface area (Å²) in [5, 5.41) is 29.9. The van der Waals surface area contributed by atoms with E-state index < -0.39 is 31.3 Å². The maximum Gasteiger partial charge on any atom is 0.258 e. The number of rotatable bonds is 7. The second kappa shape index (κ2) is 7.40.